The monoisotopic (exact) mass is 311 g/mol. The standard InChI is InChI=1S/C15H15Cl2NO2/c1-10-3-5-15(13(8-16)18-10)20-9-11-7-12(17)4-6-14(11)19-2/h3-7H,8-9H2,1-2H3. The number of benzene rings is 1. The first-order valence-corrected chi connectivity index (χ1v) is 7.03. The van der Waals surface area contributed by atoms with Crippen LogP contribution in [0, 0.1) is 6.92 Å². The van der Waals surface area contributed by atoms with E-state index in [2.05, 4.69) is 4.98 Å². The van der Waals surface area contributed by atoms with Gasteiger partial charge in [0, 0.05) is 16.3 Å². The van der Waals surface area contributed by atoms with E-state index in [-0.39, 0.29) is 0 Å². The Morgan fingerprint density at radius 3 is 2.60 bits per heavy atom. The number of ether oxygens (including phenoxy) is 2. The van der Waals surface area contributed by atoms with E-state index in [0.29, 0.717) is 23.3 Å². The average molecular weight is 312 g/mol. The lowest BCUT2D eigenvalue weighted by Crippen LogP contribution is -2.02. The molecule has 0 aliphatic heterocycles. The van der Waals surface area contributed by atoms with Gasteiger partial charge in [-0.3, -0.25) is 4.98 Å². The maximum absolute atomic E-state index is 5.99. The maximum Gasteiger partial charge on any atom is 0.142 e. The molecule has 2 aromatic rings. The first-order chi connectivity index (χ1) is 9.63. The molecule has 0 fully saturated rings. The molecule has 3 nitrogen and oxygen atoms in total. The van der Waals surface area contributed by atoms with Crippen LogP contribution in [0.25, 0.3) is 0 Å². The topological polar surface area (TPSA) is 31.4 Å². The maximum atomic E-state index is 5.99. The fourth-order valence-corrected chi connectivity index (χ4v) is 2.23. The number of hydrogen-bond donors (Lipinski definition) is 0. The molecule has 0 bridgehead atoms. The predicted octanol–water partition coefficient (Wildman–Crippen LogP) is 4.37. The Bertz CT molecular complexity index is 602. The van der Waals surface area contributed by atoms with Crippen molar-refractivity contribution in [3.05, 3.63) is 52.3 Å². The van der Waals surface area contributed by atoms with Gasteiger partial charge in [0.05, 0.1) is 18.7 Å². The van der Waals surface area contributed by atoms with Crippen molar-refractivity contribution >= 4 is 23.2 Å². The highest BCUT2D eigenvalue weighted by molar-refractivity contribution is 6.30. The summed E-state index contributed by atoms with van der Waals surface area (Å²) in [4.78, 5) is 4.35. The third-order valence-corrected chi connectivity index (χ3v) is 3.31. The first kappa shape index (κ1) is 14.9. The summed E-state index contributed by atoms with van der Waals surface area (Å²) in [5.74, 6) is 1.72. The minimum atomic E-state index is 0.309. The summed E-state index contributed by atoms with van der Waals surface area (Å²) in [6.07, 6.45) is 0. The molecule has 2 rings (SSSR count). The van der Waals surface area contributed by atoms with Crippen molar-refractivity contribution < 1.29 is 9.47 Å². The molecule has 0 atom stereocenters. The summed E-state index contributed by atoms with van der Waals surface area (Å²) in [5, 5.41) is 0.643. The van der Waals surface area contributed by atoms with Gasteiger partial charge in [-0.1, -0.05) is 11.6 Å². The summed E-state index contributed by atoms with van der Waals surface area (Å²) in [7, 11) is 1.62. The molecular formula is C15H15Cl2NO2. The highest BCUT2D eigenvalue weighted by Gasteiger charge is 2.08. The number of rotatable bonds is 5. The Hall–Kier alpha value is -1.45. The zero-order valence-electron chi connectivity index (χ0n) is 11.3. The van der Waals surface area contributed by atoms with Crippen molar-refractivity contribution in [2.45, 2.75) is 19.4 Å². The van der Waals surface area contributed by atoms with Gasteiger partial charge < -0.3 is 9.47 Å². The van der Waals surface area contributed by atoms with E-state index in [1.807, 2.05) is 31.2 Å². The van der Waals surface area contributed by atoms with Crippen LogP contribution in [-0.4, -0.2) is 12.1 Å². The van der Waals surface area contributed by atoms with Crippen LogP contribution >= 0.6 is 23.2 Å². The van der Waals surface area contributed by atoms with E-state index >= 15 is 0 Å². The molecular weight excluding hydrogens is 297 g/mol. The van der Waals surface area contributed by atoms with Gasteiger partial charge in [-0.2, -0.15) is 0 Å². The quantitative estimate of drug-likeness (QED) is 0.768. The number of aryl methyl sites for hydroxylation is 1. The number of halogens is 2. The van der Waals surface area contributed by atoms with Gasteiger partial charge in [0.2, 0.25) is 0 Å². The van der Waals surface area contributed by atoms with E-state index < -0.39 is 0 Å². The van der Waals surface area contributed by atoms with Crippen LogP contribution in [0.5, 0.6) is 11.5 Å². The molecule has 0 amide bonds. The van der Waals surface area contributed by atoms with Crippen LogP contribution < -0.4 is 9.47 Å². The second-order valence-electron chi connectivity index (χ2n) is 4.28. The van der Waals surface area contributed by atoms with Crippen LogP contribution in [0.3, 0.4) is 0 Å². The molecule has 0 radical (unpaired) electrons. The van der Waals surface area contributed by atoms with Crippen LogP contribution in [0.2, 0.25) is 5.02 Å². The normalized spacial score (nSPS) is 10.4. The Morgan fingerprint density at radius 2 is 1.90 bits per heavy atom. The lowest BCUT2D eigenvalue weighted by atomic mass is 10.2. The zero-order chi connectivity index (χ0) is 14.5. The molecule has 0 unspecified atom stereocenters. The van der Waals surface area contributed by atoms with E-state index in [1.165, 1.54) is 0 Å². The lowest BCUT2D eigenvalue weighted by Gasteiger charge is -2.12. The molecule has 0 saturated heterocycles. The number of methoxy groups -OCH3 is 1. The molecule has 0 spiro atoms. The molecule has 0 saturated carbocycles. The zero-order valence-corrected chi connectivity index (χ0v) is 12.8. The number of aromatic nitrogens is 1. The molecule has 20 heavy (non-hydrogen) atoms. The van der Waals surface area contributed by atoms with Crippen molar-refractivity contribution in [2.24, 2.45) is 0 Å². The molecule has 1 aromatic carbocycles. The number of nitrogens with zero attached hydrogens (tertiary/aromatic N) is 1. The summed E-state index contributed by atoms with van der Waals surface area (Å²) in [6, 6.07) is 9.18. The Labute approximate surface area is 128 Å². The largest absolute Gasteiger partial charge is 0.496 e. The second-order valence-corrected chi connectivity index (χ2v) is 4.98. The van der Waals surface area contributed by atoms with Gasteiger partial charge in [-0.05, 0) is 37.3 Å². The molecule has 1 heterocycles. The summed E-state index contributed by atoms with van der Waals surface area (Å²) in [6.45, 7) is 2.26. The number of pyridine rings is 1. The SMILES string of the molecule is COc1ccc(Cl)cc1COc1ccc(C)nc1CCl. The van der Waals surface area contributed by atoms with Crippen LogP contribution in [0.15, 0.2) is 30.3 Å². The Balaban J connectivity index is 2.18. The second kappa shape index (κ2) is 6.82. The highest BCUT2D eigenvalue weighted by Crippen LogP contribution is 2.25. The van der Waals surface area contributed by atoms with Gasteiger partial charge in [-0.15, -0.1) is 11.6 Å². The summed E-state index contributed by atoms with van der Waals surface area (Å²) < 4.78 is 11.1. The molecule has 5 heteroatoms. The Kier molecular flexibility index (Phi) is 5.10. The van der Waals surface area contributed by atoms with Crippen molar-refractivity contribution in [3.8, 4) is 11.5 Å². The van der Waals surface area contributed by atoms with Crippen LogP contribution in [0.4, 0.5) is 0 Å². The lowest BCUT2D eigenvalue weighted by molar-refractivity contribution is 0.293. The van der Waals surface area contributed by atoms with Gasteiger partial charge in [0.1, 0.15) is 18.1 Å². The number of alkyl halides is 1. The third kappa shape index (κ3) is 3.56. The first-order valence-electron chi connectivity index (χ1n) is 6.11. The van der Waals surface area contributed by atoms with Crippen molar-refractivity contribution in [3.63, 3.8) is 0 Å². The van der Waals surface area contributed by atoms with Crippen molar-refractivity contribution in [2.75, 3.05) is 7.11 Å². The predicted molar refractivity (Wildman–Crippen MR) is 80.9 cm³/mol. The van der Waals surface area contributed by atoms with Crippen molar-refractivity contribution in [1.29, 1.82) is 0 Å². The highest BCUT2D eigenvalue weighted by atomic mass is 35.5. The van der Waals surface area contributed by atoms with E-state index in [1.54, 1.807) is 13.2 Å². The molecule has 0 aliphatic carbocycles. The molecule has 106 valence electrons. The minimum absolute atomic E-state index is 0.309. The average Bonchev–Trinajstić information content (AvgIpc) is 2.46. The van der Waals surface area contributed by atoms with E-state index in [9.17, 15) is 0 Å². The van der Waals surface area contributed by atoms with Gasteiger partial charge >= 0.3 is 0 Å². The molecule has 0 N–H and O–H groups in total. The summed E-state index contributed by atoms with van der Waals surface area (Å²) >= 11 is 11.9. The smallest absolute Gasteiger partial charge is 0.142 e. The van der Waals surface area contributed by atoms with Gasteiger partial charge in [0.15, 0.2) is 0 Å². The Morgan fingerprint density at radius 1 is 1.15 bits per heavy atom. The van der Waals surface area contributed by atoms with Gasteiger partial charge in [-0.25, -0.2) is 0 Å². The third-order valence-electron chi connectivity index (χ3n) is 2.82. The van der Waals surface area contributed by atoms with Gasteiger partial charge in [0.25, 0.3) is 0 Å². The summed E-state index contributed by atoms with van der Waals surface area (Å²) in [5.41, 5.74) is 2.52. The van der Waals surface area contributed by atoms with E-state index in [0.717, 1.165) is 22.7 Å². The fourth-order valence-electron chi connectivity index (χ4n) is 1.84. The van der Waals surface area contributed by atoms with Crippen LogP contribution in [-0.2, 0) is 12.5 Å². The minimum Gasteiger partial charge on any atom is -0.496 e. The van der Waals surface area contributed by atoms with Crippen molar-refractivity contribution in [1.82, 2.24) is 4.98 Å². The fraction of sp³-hybridized carbons (Fsp3) is 0.267. The molecule has 1 aromatic heterocycles. The molecule has 0 aliphatic rings. The van der Waals surface area contributed by atoms with Crippen LogP contribution in [0.1, 0.15) is 17.0 Å². The van der Waals surface area contributed by atoms with E-state index in [4.69, 9.17) is 32.7 Å². The number of hydrogen-bond acceptors (Lipinski definition) is 3.